The standard InChI is InChI=1S/C20H15N3O4/c1-11(24)21-19-15-16(22-18(23-19)12-7-4-3-5-8-12)13-9-6-10-14(26-2)17(13)27-20(15)25/h3-10H,1-2H3,(H,21,22,23,24). The average molecular weight is 361 g/mol. The van der Waals surface area contributed by atoms with Crippen LogP contribution in [0.15, 0.2) is 57.7 Å². The lowest BCUT2D eigenvalue weighted by molar-refractivity contribution is -0.114. The molecule has 0 aliphatic rings. The monoisotopic (exact) mass is 361 g/mol. The number of carbonyl (C=O) groups is 1. The first kappa shape index (κ1) is 16.7. The van der Waals surface area contributed by atoms with Crippen LogP contribution in [-0.4, -0.2) is 23.0 Å². The molecule has 7 nitrogen and oxygen atoms in total. The highest BCUT2D eigenvalue weighted by Gasteiger charge is 2.19. The van der Waals surface area contributed by atoms with Crippen molar-refractivity contribution in [3.63, 3.8) is 0 Å². The zero-order valence-corrected chi connectivity index (χ0v) is 14.6. The van der Waals surface area contributed by atoms with Gasteiger partial charge in [-0.05, 0) is 12.1 Å². The van der Waals surface area contributed by atoms with E-state index in [0.717, 1.165) is 5.56 Å². The number of fused-ring (bicyclic) bond motifs is 3. The Morgan fingerprint density at radius 1 is 1.07 bits per heavy atom. The Kier molecular flexibility index (Phi) is 4.04. The molecule has 134 valence electrons. The lowest BCUT2D eigenvalue weighted by Crippen LogP contribution is -2.13. The fraction of sp³-hybridized carbons (Fsp3) is 0.100. The van der Waals surface area contributed by atoms with Gasteiger partial charge in [-0.1, -0.05) is 36.4 Å². The number of methoxy groups -OCH3 is 1. The molecule has 1 N–H and O–H groups in total. The van der Waals surface area contributed by atoms with Crippen molar-refractivity contribution in [1.29, 1.82) is 0 Å². The third-order valence-electron chi connectivity index (χ3n) is 4.09. The van der Waals surface area contributed by atoms with E-state index < -0.39 is 5.63 Å². The molecule has 0 unspecified atom stereocenters. The van der Waals surface area contributed by atoms with Crippen LogP contribution in [0.3, 0.4) is 0 Å². The number of carbonyl (C=O) groups excluding carboxylic acids is 1. The van der Waals surface area contributed by atoms with E-state index in [2.05, 4.69) is 15.3 Å². The number of hydrogen-bond donors (Lipinski definition) is 1. The molecule has 0 spiro atoms. The fourth-order valence-corrected chi connectivity index (χ4v) is 2.93. The molecule has 0 aliphatic carbocycles. The zero-order chi connectivity index (χ0) is 19.0. The van der Waals surface area contributed by atoms with Crippen LogP contribution in [0.4, 0.5) is 5.82 Å². The van der Waals surface area contributed by atoms with Crippen molar-refractivity contribution in [2.45, 2.75) is 6.92 Å². The first-order valence-corrected chi connectivity index (χ1v) is 8.23. The van der Waals surface area contributed by atoms with Crippen molar-refractivity contribution in [3.8, 4) is 17.1 Å². The Labute approximate surface area is 153 Å². The van der Waals surface area contributed by atoms with Crippen LogP contribution in [0, 0.1) is 0 Å². The third kappa shape index (κ3) is 2.89. The number of nitrogens with zero attached hydrogens (tertiary/aromatic N) is 2. The first-order valence-electron chi connectivity index (χ1n) is 8.23. The SMILES string of the molecule is COc1cccc2c1oc(=O)c1c(NC(C)=O)nc(-c3ccccc3)nc12. The summed E-state index contributed by atoms with van der Waals surface area (Å²) in [5, 5.41) is 3.32. The number of benzene rings is 2. The van der Waals surface area contributed by atoms with Gasteiger partial charge in [0.25, 0.3) is 0 Å². The Morgan fingerprint density at radius 3 is 2.56 bits per heavy atom. The van der Waals surface area contributed by atoms with Gasteiger partial charge in [0, 0.05) is 17.9 Å². The molecule has 1 amide bonds. The summed E-state index contributed by atoms with van der Waals surface area (Å²) >= 11 is 0. The number of para-hydroxylation sites is 1. The van der Waals surface area contributed by atoms with Crippen LogP contribution in [0.2, 0.25) is 0 Å². The fourth-order valence-electron chi connectivity index (χ4n) is 2.93. The topological polar surface area (TPSA) is 94.3 Å². The van der Waals surface area contributed by atoms with Crippen LogP contribution in [0.1, 0.15) is 6.92 Å². The smallest absolute Gasteiger partial charge is 0.349 e. The summed E-state index contributed by atoms with van der Waals surface area (Å²) in [6.07, 6.45) is 0. The van der Waals surface area contributed by atoms with E-state index in [1.807, 2.05) is 30.3 Å². The second-order valence-electron chi connectivity index (χ2n) is 5.89. The number of anilines is 1. The second kappa shape index (κ2) is 6.53. The predicted octanol–water partition coefficient (Wildman–Crippen LogP) is 3.37. The van der Waals surface area contributed by atoms with Gasteiger partial charge in [-0.25, -0.2) is 14.8 Å². The van der Waals surface area contributed by atoms with Crippen molar-refractivity contribution in [2.75, 3.05) is 12.4 Å². The molecular weight excluding hydrogens is 346 g/mol. The summed E-state index contributed by atoms with van der Waals surface area (Å²) in [6, 6.07) is 14.6. The van der Waals surface area contributed by atoms with Gasteiger partial charge in [0.2, 0.25) is 5.91 Å². The lowest BCUT2D eigenvalue weighted by atomic mass is 10.1. The number of aromatic nitrogens is 2. The number of nitrogens with one attached hydrogen (secondary N) is 1. The number of amides is 1. The van der Waals surface area contributed by atoms with E-state index in [1.54, 1.807) is 18.2 Å². The molecule has 4 aromatic rings. The van der Waals surface area contributed by atoms with Crippen LogP contribution in [0.25, 0.3) is 33.3 Å². The van der Waals surface area contributed by atoms with Crippen LogP contribution in [-0.2, 0) is 4.79 Å². The minimum atomic E-state index is -0.648. The molecule has 0 fully saturated rings. The summed E-state index contributed by atoms with van der Waals surface area (Å²) in [4.78, 5) is 33.3. The molecule has 2 aromatic heterocycles. The predicted molar refractivity (Wildman–Crippen MR) is 102 cm³/mol. The van der Waals surface area contributed by atoms with Gasteiger partial charge in [-0.15, -0.1) is 0 Å². The minimum absolute atomic E-state index is 0.116. The molecule has 7 heteroatoms. The van der Waals surface area contributed by atoms with Crippen molar-refractivity contribution in [3.05, 3.63) is 59.0 Å². The molecular formula is C20H15N3O4. The van der Waals surface area contributed by atoms with Gasteiger partial charge in [-0.2, -0.15) is 0 Å². The summed E-state index contributed by atoms with van der Waals surface area (Å²) in [6.45, 7) is 1.35. The Hall–Kier alpha value is -3.74. The molecule has 0 bridgehead atoms. The number of rotatable bonds is 3. The summed E-state index contributed by atoms with van der Waals surface area (Å²) in [7, 11) is 1.50. The van der Waals surface area contributed by atoms with E-state index in [-0.39, 0.29) is 17.1 Å². The van der Waals surface area contributed by atoms with Crippen molar-refractivity contribution in [1.82, 2.24) is 9.97 Å². The quantitative estimate of drug-likeness (QED) is 0.444. The maximum atomic E-state index is 12.7. The molecule has 27 heavy (non-hydrogen) atoms. The molecule has 4 rings (SSSR count). The minimum Gasteiger partial charge on any atom is -0.493 e. The van der Waals surface area contributed by atoms with E-state index >= 15 is 0 Å². The van der Waals surface area contributed by atoms with Crippen LogP contribution in [0.5, 0.6) is 5.75 Å². The van der Waals surface area contributed by atoms with E-state index in [0.29, 0.717) is 28.1 Å². The van der Waals surface area contributed by atoms with Gasteiger partial charge in [0.05, 0.1) is 12.6 Å². The Bertz CT molecular complexity index is 1230. The highest BCUT2D eigenvalue weighted by molar-refractivity contribution is 6.09. The maximum Gasteiger partial charge on any atom is 0.349 e. The van der Waals surface area contributed by atoms with E-state index in [4.69, 9.17) is 9.15 Å². The molecule has 0 saturated heterocycles. The highest BCUT2D eigenvalue weighted by atomic mass is 16.5. The van der Waals surface area contributed by atoms with E-state index in [1.165, 1.54) is 14.0 Å². The molecule has 0 atom stereocenters. The Balaban J connectivity index is 2.16. The van der Waals surface area contributed by atoms with Crippen molar-refractivity contribution in [2.24, 2.45) is 0 Å². The normalized spacial score (nSPS) is 10.9. The van der Waals surface area contributed by atoms with Gasteiger partial charge in [0.15, 0.2) is 23.0 Å². The molecule has 0 aliphatic heterocycles. The summed E-state index contributed by atoms with van der Waals surface area (Å²) in [5.41, 5.74) is 0.794. The highest BCUT2D eigenvalue weighted by Crippen LogP contribution is 2.32. The number of ether oxygens (including phenoxy) is 1. The summed E-state index contributed by atoms with van der Waals surface area (Å²) in [5.74, 6) is 0.581. The van der Waals surface area contributed by atoms with Gasteiger partial charge in [0.1, 0.15) is 5.39 Å². The van der Waals surface area contributed by atoms with Gasteiger partial charge >= 0.3 is 5.63 Å². The van der Waals surface area contributed by atoms with Crippen LogP contribution < -0.4 is 15.7 Å². The summed E-state index contributed by atoms with van der Waals surface area (Å²) < 4.78 is 10.7. The van der Waals surface area contributed by atoms with E-state index in [9.17, 15) is 9.59 Å². The average Bonchev–Trinajstić information content (AvgIpc) is 2.67. The van der Waals surface area contributed by atoms with Gasteiger partial charge in [-0.3, -0.25) is 4.79 Å². The largest absolute Gasteiger partial charge is 0.493 e. The maximum absolute atomic E-state index is 12.7. The molecule has 0 radical (unpaired) electrons. The van der Waals surface area contributed by atoms with Crippen LogP contribution >= 0.6 is 0 Å². The van der Waals surface area contributed by atoms with Crippen molar-refractivity contribution >= 4 is 33.6 Å². The molecule has 2 heterocycles. The Morgan fingerprint density at radius 2 is 1.85 bits per heavy atom. The molecule has 2 aromatic carbocycles. The third-order valence-corrected chi connectivity index (χ3v) is 4.09. The zero-order valence-electron chi connectivity index (χ0n) is 14.6. The lowest BCUT2D eigenvalue weighted by Gasteiger charge is -2.11. The second-order valence-corrected chi connectivity index (χ2v) is 5.89. The number of hydrogen-bond acceptors (Lipinski definition) is 6. The van der Waals surface area contributed by atoms with Crippen molar-refractivity contribution < 1.29 is 13.9 Å². The first-order chi connectivity index (χ1) is 13.1. The molecule has 0 saturated carbocycles. The van der Waals surface area contributed by atoms with Gasteiger partial charge < -0.3 is 14.5 Å².